The van der Waals surface area contributed by atoms with Gasteiger partial charge in [-0.25, -0.2) is 4.79 Å². The highest BCUT2D eigenvalue weighted by molar-refractivity contribution is 6.01. The van der Waals surface area contributed by atoms with E-state index in [1.54, 1.807) is 36.0 Å². The van der Waals surface area contributed by atoms with E-state index in [-0.39, 0.29) is 5.78 Å². The third kappa shape index (κ3) is 5.75. The molecule has 0 aliphatic heterocycles. The number of rotatable bonds is 8. The number of esters is 1. The summed E-state index contributed by atoms with van der Waals surface area (Å²) in [4.78, 5) is 24.5. The van der Waals surface area contributed by atoms with Crippen molar-refractivity contribution in [3.05, 3.63) is 95.3 Å². The molecule has 3 aromatic rings. The number of carbonyl (C=O) groups is 2. The number of hydrogen-bond donors (Lipinski definition) is 0. The van der Waals surface area contributed by atoms with E-state index in [0.717, 1.165) is 23.1 Å². The smallest absolute Gasteiger partial charge is 0.331 e. The van der Waals surface area contributed by atoms with Crippen molar-refractivity contribution in [2.75, 3.05) is 0 Å². The van der Waals surface area contributed by atoms with Crippen LogP contribution in [0.25, 0.3) is 6.08 Å². The normalized spacial score (nSPS) is 12.1. The molecule has 1 heterocycles. The minimum absolute atomic E-state index is 0.218. The maximum absolute atomic E-state index is 12.4. The van der Waals surface area contributed by atoms with E-state index in [0.29, 0.717) is 12.1 Å². The van der Waals surface area contributed by atoms with E-state index in [9.17, 15) is 9.59 Å². The molecule has 5 nitrogen and oxygen atoms in total. The second-order valence-corrected chi connectivity index (χ2v) is 6.78. The van der Waals surface area contributed by atoms with Gasteiger partial charge in [0.15, 0.2) is 6.10 Å². The van der Waals surface area contributed by atoms with Crippen LogP contribution in [0.15, 0.2) is 73.1 Å². The Morgan fingerprint density at radius 1 is 1.07 bits per heavy atom. The molecule has 0 N–H and O–H groups in total. The van der Waals surface area contributed by atoms with Crippen molar-refractivity contribution in [1.29, 1.82) is 0 Å². The molecule has 29 heavy (non-hydrogen) atoms. The average Bonchev–Trinajstić information content (AvgIpc) is 3.19. The second kappa shape index (κ2) is 9.64. The summed E-state index contributed by atoms with van der Waals surface area (Å²) in [5, 5.41) is 4.29. The van der Waals surface area contributed by atoms with Gasteiger partial charge >= 0.3 is 5.97 Å². The first-order valence-corrected chi connectivity index (χ1v) is 9.63. The lowest BCUT2D eigenvalue weighted by Gasteiger charge is -2.11. The van der Waals surface area contributed by atoms with Crippen LogP contribution >= 0.6 is 0 Å². The molecule has 0 fully saturated rings. The molecule has 2 aromatic carbocycles. The molecule has 148 valence electrons. The predicted molar refractivity (Wildman–Crippen MR) is 113 cm³/mol. The molecule has 0 amide bonds. The van der Waals surface area contributed by atoms with Crippen LogP contribution in [-0.4, -0.2) is 27.6 Å². The number of ether oxygens (including phenoxy) is 1. The van der Waals surface area contributed by atoms with Crippen molar-refractivity contribution in [3.8, 4) is 0 Å². The molecule has 0 aliphatic rings. The Bertz CT molecular complexity index is 988. The zero-order chi connectivity index (χ0) is 20.6. The molecule has 1 atom stereocenters. The molecule has 0 spiro atoms. The Balaban J connectivity index is 1.54. The van der Waals surface area contributed by atoms with Crippen LogP contribution in [0.1, 0.15) is 40.9 Å². The number of hydrogen-bond acceptors (Lipinski definition) is 4. The third-order valence-electron chi connectivity index (χ3n) is 4.56. The molecule has 0 bridgehead atoms. The SMILES string of the molecule is CCc1ccc(C(=O)[C@@H](C)OC(=O)/C=C/c2cnn(Cc3ccccc3)c2)cc1. The molecule has 0 saturated carbocycles. The van der Waals surface area contributed by atoms with Crippen LogP contribution in [0.3, 0.4) is 0 Å². The van der Waals surface area contributed by atoms with E-state index in [1.165, 1.54) is 6.08 Å². The number of aryl methyl sites for hydroxylation is 1. The molecule has 0 aliphatic carbocycles. The fourth-order valence-electron chi connectivity index (χ4n) is 2.89. The van der Waals surface area contributed by atoms with Gasteiger partial charge in [-0.1, -0.05) is 61.5 Å². The number of aromatic nitrogens is 2. The summed E-state index contributed by atoms with van der Waals surface area (Å²) in [5.74, 6) is -0.781. The van der Waals surface area contributed by atoms with Crippen LogP contribution in [0.4, 0.5) is 0 Å². The van der Waals surface area contributed by atoms with Crippen LogP contribution in [0.5, 0.6) is 0 Å². The minimum atomic E-state index is -0.847. The Hall–Kier alpha value is -3.47. The van der Waals surface area contributed by atoms with Crippen molar-refractivity contribution in [3.63, 3.8) is 0 Å². The molecule has 5 heteroatoms. The molecule has 0 radical (unpaired) electrons. The standard InChI is InChI=1S/C24H24N2O3/c1-3-19-9-12-22(13-10-19)24(28)18(2)29-23(27)14-11-21-15-25-26(17-21)16-20-7-5-4-6-8-20/h4-15,17-18H,3,16H2,1-2H3/b14-11+/t18-/m1/s1. The molecular formula is C24H24N2O3. The highest BCUT2D eigenvalue weighted by Gasteiger charge is 2.18. The van der Waals surface area contributed by atoms with Gasteiger partial charge < -0.3 is 4.74 Å². The van der Waals surface area contributed by atoms with E-state index >= 15 is 0 Å². The van der Waals surface area contributed by atoms with Crippen molar-refractivity contribution in [1.82, 2.24) is 9.78 Å². The van der Waals surface area contributed by atoms with Gasteiger partial charge in [-0.3, -0.25) is 9.48 Å². The zero-order valence-corrected chi connectivity index (χ0v) is 16.6. The summed E-state index contributed by atoms with van der Waals surface area (Å²) in [7, 11) is 0. The van der Waals surface area contributed by atoms with E-state index in [4.69, 9.17) is 4.74 Å². The Labute approximate surface area is 170 Å². The Morgan fingerprint density at radius 2 is 1.79 bits per heavy atom. The fraction of sp³-hybridized carbons (Fsp3) is 0.208. The van der Waals surface area contributed by atoms with Crippen molar-refractivity contribution >= 4 is 17.8 Å². The van der Waals surface area contributed by atoms with Crippen LogP contribution in [-0.2, 0) is 22.5 Å². The quantitative estimate of drug-likeness (QED) is 0.328. The van der Waals surface area contributed by atoms with Crippen LogP contribution < -0.4 is 0 Å². The van der Waals surface area contributed by atoms with Gasteiger partial charge in [-0.15, -0.1) is 0 Å². The zero-order valence-electron chi connectivity index (χ0n) is 16.6. The van der Waals surface area contributed by atoms with E-state index < -0.39 is 12.1 Å². The summed E-state index contributed by atoms with van der Waals surface area (Å²) >= 11 is 0. The Kier molecular flexibility index (Phi) is 6.74. The van der Waals surface area contributed by atoms with Gasteiger partial charge in [0.05, 0.1) is 12.7 Å². The van der Waals surface area contributed by atoms with Gasteiger partial charge in [0.2, 0.25) is 5.78 Å². The molecule has 0 saturated heterocycles. The Morgan fingerprint density at radius 3 is 2.48 bits per heavy atom. The maximum atomic E-state index is 12.4. The number of Topliss-reactive ketones (excluding diaryl/α,β-unsaturated/α-hetero) is 1. The van der Waals surface area contributed by atoms with Crippen molar-refractivity contribution in [2.24, 2.45) is 0 Å². The first-order chi connectivity index (χ1) is 14.0. The molecule has 0 unspecified atom stereocenters. The first-order valence-electron chi connectivity index (χ1n) is 9.63. The summed E-state index contributed by atoms with van der Waals surface area (Å²) in [6.45, 7) is 4.29. The van der Waals surface area contributed by atoms with E-state index in [2.05, 4.69) is 12.0 Å². The maximum Gasteiger partial charge on any atom is 0.331 e. The minimum Gasteiger partial charge on any atom is -0.451 e. The number of benzene rings is 2. The highest BCUT2D eigenvalue weighted by atomic mass is 16.5. The second-order valence-electron chi connectivity index (χ2n) is 6.78. The summed E-state index contributed by atoms with van der Waals surface area (Å²) in [5.41, 5.74) is 3.62. The summed E-state index contributed by atoms with van der Waals surface area (Å²) in [6.07, 6.45) is 6.53. The first kappa shape index (κ1) is 20.3. The lowest BCUT2D eigenvalue weighted by Crippen LogP contribution is -2.23. The van der Waals surface area contributed by atoms with Crippen LogP contribution in [0, 0.1) is 0 Å². The topological polar surface area (TPSA) is 61.2 Å². The monoisotopic (exact) mass is 388 g/mol. The van der Waals surface area contributed by atoms with Gasteiger partial charge in [-0.05, 0) is 30.5 Å². The van der Waals surface area contributed by atoms with Crippen molar-refractivity contribution in [2.45, 2.75) is 32.9 Å². The van der Waals surface area contributed by atoms with Gasteiger partial charge in [-0.2, -0.15) is 5.10 Å². The number of nitrogens with zero attached hydrogens (tertiary/aromatic N) is 2. The fourth-order valence-corrected chi connectivity index (χ4v) is 2.89. The molecule has 3 rings (SSSR count). The average molecular weight is 388 g/mol. The lowest BCUT2D eigenvalue weighted by molar-refractivity contribution is -0.140. The molecular weight excluding hydrogens is 364 g/mol. The van der Waals surface area contributed by atoms with E-state index in [1.807, 2.05) is 48.7 Å². The number of ketones is 1. The largest absolute Gasteiger partial charge is 0.451 e. The summed E-state index contributed by atoms with van der Waals surface area (Å²) in [6, 6.07) is 17.4. The van der Waals surface area contributed by atoms with Crippen molar-refractivity contribution < 1.29 is 14.3 Å². The van der Waals surface area contributed by atoms with Gasteiger partial charge in [0.1, 0.15) is 0 Å². The van der Waals surface area contributed by atoms with Gasteiger partial charge in [0.25, 0.3) is 0 Å². The third-order valence-corrected chi connectivity index (χ3v) is 4.56. The van der Waals surface area contributed by atoms with Crippen LogP contribution in [0.2, 0.25) is 0 Å². The van der Waals surface area contributed by atoms with Gasteiger partial charge in [0, 0.05) is 23.4 Å². The predicted octanol–water partition coefficient (Wildman–Crippen LogP) is 4.32. The number of carbonyl (C=O) groups excluding carboxylic acids is 2. The lowest BCUT2D eigenvalue weighted by atomic mass is 10.0. The highest BCUT2D eigenvalue weighted by Crippen LogP contribution is 2.10. The summed E-state index contributed by atoms with van der Waals surface area (Å²) < 4.78 is 7.04. The molecule has 1 aromatic heterocycles.